The van der Waals surface area contributed by atoms with Crippen LogP contribution in [0, 0.1) is 29.1 Å². The van der Waals surface area contributed by atoms with Gasteiger partial charge >= 0.3 is 5.97 Å². The molecule has 3 rings (SSSR count). The van der Waals surface area contributed by atoms with Crippen molar-refractivity contribution in [1.29, 1.82) is 0 Å². The fraction of sp³-hybridized carbons (Fsp3) is 0.917. The zero-order valence-electron chi connectivity index (χ0n) is 8.98. The van der Waals surface area contributed by atoms with Gasteiger partial charge in [0.1, 0.15) is 0 Å². The topological polar surface area (TPSA) is 63.3 Å². The lowest BCUT2D eigenvalue weighted by molar-refractivity contribution is -0.156. The molecule has 0 spiro atoms. The second-order valence-electron chi connectivity index (χ2n) is 5.80. The molecular formula is C12H19NO2. The lowest BCUT2D eigenvalue weighted by atomic mass is 9.45. The number of carboxylic acids is 1. The summed E-state index contributed by atoms with van der Waals surface area (Å²) in [7, 11) is 0. The summed E-state index contributed by atoms with van der Waals surface area (Å²) in [6.07, 6.45) is 5.47. The Bertz CT molecular complexity index is 296. The van der Waals surface area contributed by atoms with Crippen molar-refractivity contribution in [3.8, 4) is 0 Å². The van der Waals surface area contributed by atoms with Crippen LogP contribution >= 0.6 is 0 Å². The minimum atomic E-state index is -0.658. The van der Waals surface area contributed by atoms with Gasteiger partial charge < -0.3 is 10.8 Å². The van der Waals surface area contributed by atoms with E-state index in [-0.39, 0.29) is 5.41 Å². The number of hydrogen-bond donors (Lipinski definition) is 2. The zero-order valence-corrected chi connectivity index (χ0v) is 8.98. The molecule has 2 bridgehead atoms. The summed E-state index contributed by atoms with van der Waals surface area (Å²) in [6, 6.07) is 0. The van der Waals surface area contributed by atoms with E-state index in [0.29, 0.717) is 24.8 Å². The third-order valence-corrected chi connectivity index (χ3v) is 5.45. The number of aliphatic carboxylic acids is 1. The maximum Gasteiger partial charge on any atom is 0.303 e. The minimum Gasteiger partial charge on any atom is -0.481 e. The molecule has 3 nitrogen and oxygen atoms in total. The van der Waals surface area contributed by atoms with E-state index in [2.05, 4.69) is 0 Å². The van der Waals surface area contributed by atoms with Crippen LogP contribution in [-0.2, 0) is 4.79 Å². The molecule has 84 valence electrons. The molecular weight excluding hydrogens is 190 g/mol. The van der Waals surface area contributed by atoms with Gasteiger partial charge in [0, 0.05) is 0 Å². The first kappa shape index (κ1) is 9.64. The highest BCUT2D eigenvalue weighted by Crippen LogP contribution is 2.70. The van der Waals surface area contributed by atoms with Crippen LogP contribution in [0.1, 0.15) is 32.1 Å². The molecule has 3 fully saturated rings. The van der Waals surface area contributed by atoms with Gasteiger partial charge in [-0.25, -0.2) is 0 Å². The summed E-state index contributed by atoms with van der Waals surface area (Å²) in [5, 5.41) is 9.04. The average molecular weight is 209 g/mol. The van der Waals surface area contributed by atoms with Gasteiger partial charge in [-0.15, -0.1) is 0 Å². The first-order valence-corrected chi connectivity index (χ1v) is 6.09. The maximum absolute atomic E-state index is 11.0. The van der Waals surface area contributed by atoms with Crippen LogP contribution in [0.15, 0.2) is 0 Å². The van der Waals surface area contributed by atoms with Crippen LogP contribution < -0.4 is 5.73 Å². The van der Waals surface area contributed by atoms with E-state index >= 15 is 0 Å². The van der Waals surface area contributed by atoms with Crippen molar-refractivity contribution in [2.45, 2.75) is 32.1 Å². The monoisotopic (exact) mass is 209 g/mol. The SMILES string of the molecule is NCC1(CC(=O)O)C2CC[C@H]3C[C@@H]2[C@@H]1C3. The van der Waals surface area contributed by atoms with Gasteiger partial charge in [0.15, 0.2) is 0 Å². The van der Waals surface area contributed by atoms with Crippen molar-refractivity contribution in [3.63, 3.8) is 0 Å². The molecule has 3 aliphatic carbocycles. The molecule has 3 saturated carbocycles. The predicted octanol–water partition coefficient (Wildman–Crippen LogP) is 1.47. The number of rotatable bonds is 3. The van der Waals surface area contributed by atoms with Crippen LogP contribution in [0.25, 0.3) is 0 Å². The zero-order chi connectivity index (χ0) is 10.6. The van der Waals surface area contributed by atoms with Crippen molar-refractivity contribution in [2.24, 2.45) is 34.8 Å². The van der Waals surface area contributed by atoms with E-state index in [1.807, 2.05) is 0 Å². The van der Waals surface area contributed by atoms with E-state index in [0.717, 1.165) is 11.8 Å². The quantitative estimate of drug-likeness (QED) is 0.740. The highest BCUT2D eigenvalue weighted by atomic mass is 16.4. The lowest BCUT2D eigenvalue weighted by Gasteiger charge is -2.59. The molecule has 3 aliphatic rings. The summed E-state index contributed by atoms with van der Waals surface area (Å²) in [6.45, 7) is 0.581. The van der Waals surface area contributed by atoms with E-state index in [1.54, 1.807) is 0 Å². The average Bonchev–Trinajstić information content (AvgIpc) is 2.40. The maximum atomic E-state index is 11.0. The molecule has 15 heavy (non-hydrogen) atoms. The number of carbonyl (C=O) groups is 1. The summed E-state index contributed by atoms with van der Waals surface area (Å²) in [5.41, 5.74) is 5.87. The first-order chi connectivity index (χ1) is 7.17. The Morgan fingerprint density at radius 2 is 2.13 bits per heavy atom. The molecule has 3 N–H and O–H groups in total. The number of fused-ring (bicyclic) bond motifs is 1. The largest absolute Gasteiger partial charge is 0.481 e. The van der Waals surface area contributed by atoms with Gasteiger partial charge in [-0.1, -0.05) is 6.42 Å². The van der Waals surface area contributed by atoms with Gasteiger partial charge in [0.05, 0.1) is 6.42 Å². The van der Waals surface area contributed by atoms with Crippen LogP contribution in [-0.4, -0.2) is 17.6 Å². The molecule has 0 aliphatic heterocycles. The van der Waals surface area contributed by atoms with Crippen LogP contribution in [0.3, 0.4) is 0 Å². The van der Waals surface area contributed by atoms with Crippen molar-refractivity contribution in [2.75, 3.05) is 6.54 Å². The fourth-order valence-corrected chi connectivity index (χ4v) is 4.94. The molecule has 5 atom stereocenters. The molecule has 3 heteroatoms. The van der Waals surface area contributed by atoms with E-state index < -0.39 is 5.97 Å². The highest BCUT2D eigenvalue weighted by Gasteiger charge is 2.65. The number of nitrogens with two attached hydrogens (primary N) is 1. The van der Waals surface area contributed by atoms with E-state index in [9.17, 15) is 4.79 Å². The third kappa shape index (κ3) is 1.07. The van der Waals surface area contributed by atoms with Crippen LogP contribution in [0.4, 0.5) is 0 Å². The smallest absolute Gasteiger partial charge is 0.303 e. The minimum absolute atomic E-state index is 0.0260. The first-order valence-electron chi connectivity index (χ1n) is 6.09. The van der Waals surface area contributed by atoms with E-state index in [4.69, 9.17) is 10.8 Å². The second-order valence-corrected chi connectivity index (χ2v) is 5.80. The molecule has 0 heterocycles. The molecule has 0 saturated heterocycles. The molecule has 0 aromatic rings. The van der Waals surface area contributed by atoms with Gasteiger partial charge in [-0.2, -0.15) is 0 Å². The summed E-state index contributed by atoms with van der Waals surface area (Å²) in [4.78, 5) is 11.0. The number of hydrogen-bond acceptors (Lipinski definition) is 2. The number of carboxylic acid groups (broad SMARTS) is 1. The van der Waals surface area contributed by atoms with Gasteiger partial charge in [0.25, 0.3) is 0 Å². The molecule has 0 aromatic heterocycles. The Hall–Kier alpha value is -0.570. The van der Waals surface area contributed by atoms with Crippen molar-refractivity contribution in [1.82, 2.24) is 0 Å². The molecule has 0 amide bonds. The van der Waals surface area contributed by atoms with Crippen molar-refractivity contribution >= 4 is 5.97 Å². The van der Waals surface area contributed by atoms with Crippen LogP contribution in [0.5, 0.6) is 0 Å². The fourth-order valence-electron chi connectivity index (χ4n) is 4.94. The van der Waals surface area contributed by atoms with Gasteiger partial charge in [-0.3, -0.25) is 4.79 Å². The lowest BCUT2D eigenvalue weighted by Crippen LogP contribution is -2.59. The normalized spacial score (nSPS) is 51.3. The van der Waals surface area contributed by atoms with Gasteiger partial charge in [0.2, 0.25) is 0 Å². The Labute approximate surface area is 90.0 Å². The summed E-state index contributed by atoms with van der Waals surface area (Å²) in [5.74, 6) is 2.32. The Balaban J connectivity index is 1.88. The van der Waals surface area contributed by atoms with Gasteiger partial charge in [-0.05, 0) is 54.9 Å². The molecule has 0 radical (unpaired) electrons. The summed E-state index contributed by atoms with van der Waals surface area (Å²) >= 11 is 0. The Morgan fingerprint density at radius 1 is 1.33 bits per heavy atom. The standard InChI is InChI=1S/C12H19NO2/c13-6-12(5-11(14)15)9-2-1-7-3-8(9)10(12)4-7/h7-10H,1-6,13H2,(H,14,15)/t7-,8-,9?,10-,12?/m0/s1. The molecule has 0 aromatic carbocycles. The highest BCUT2D eigenvalue weighted by molar-refractivity contribution is 5.68. The Morgan fingerprint density at radius 3 is 2.80 bits per heavy atom. The Kier molecular flexibility index (Phi) is 1.91. The van der Waals surface area contributed by atoms with E-state index in [1.165, 1.54) is 25.7 Å². The second kappa shape index (κ2) is 2.97. The predicted molar refractivity (Wildman–Crippen MR) is 56.2 cm³/mol. The van der Waals surface area contributed by atoms with Crippen molar-refractivity contribution in [3.05, 3.63) is 0 Å². The van der Waals surface area contributed by atoms with Crippen LogP contribution in [0.2, 0.25) is 0 Å². The van der Waals surface area contributed by atoms with Crippen molar-refractivity contribution < 1.29 is 9.90 Å². The molecule has 2 unspecified atom stereocenters. The third-order valence-electron chi connectivity index (χ3n) is 5.45. The summed E-state index contributed by atoms with van der Waals surface area (Å²) < 4.78 is 0.